The van der Waals surface area contributed by atoms with Crippen LogP contribution < -0.4 is 0 Å². The minimum atomic E-state index is -0.665. The number of imide groups is 1. The van der Waals surface area contributed by atoms with E-state index in [1.54, 1.807) is 6.21 Å². The topological polar surface area (TPSA) is 59.0 Å². The molecular formula is C12H14N2O3. The molecule has 5 nitrogen and oxygen atoms in total. The van der Waals surface area contributed by atoms with Crippen LogP contribution in [0.1, 0.15) is 13.8 Å². The Morgan fingerprint density at radius 2 is 2.12 bits per heavy atom. The zero-order chi connectivity index (χ0) is 12.4. The van der Waals surface area contributed by atoms with E-state index in [2.05, 4.69) is 4.99 Å². The standard InChI is InChI=1S/C12H14N2O3/c1-6-4-12(2)9(13-5-6)7-8(17-12)11(16)14(3)10(7)15/h4-5,7-9H,1-3H3/t7-,8-,9-,12?/m0/s1. The number of likely N-dealkylation sites (tertiary alicyclic amines) is 1. The number of likely N-dealkylation sites (N-methyl/N-ethyl adjacent to an activating group) is 1. The van der Waals surface area contributed by atoms with Gasteiger partial charge in [0.15, 0.2) is 6.10 Å². The van der Waals surface area contributed by atoms with Crippen LogP contribution >= 0.6 is 0 Å². The minimum absolute atomic E-state index is 0.182. The zero-order valence-electron chi connectivity index (χ0n) is 10.0. The van der Waals surface area contributed by atoms with Crippen molar-refractivity contribution in [2.45, 2.75) is 31.6 Å². The highest BCUT2D eigenvalue weighted by Crippen LogP contribution is 2.44. The van der Waals surface area contributed by atoms with Crippen molar-refractivity contribution >= 4 is 18.0 Å². The fraction of sp³-hybridized carbons (Fsp3) is 0.583. The van der Waals surface area contributed by atoms with Crippen molar-refractivity contribution < 1.29 is 14.3 Å². The average molecular weight is 234 g/mol. The summed E-state index contributed by atoms with van der Waals surface area (Å²) < 4.78 is 5.80. The third-order valence-corrected chi connectivity index (χ3v) is 3.78. The molecule has 4 atom stereocenters. The van der Waals surface area contributed by atoms with Crippen LogP contribution in [0.25, 0.3) is 0 Å². The van der Waals surface area contributed by atoms with Gasteiger partial charge in [-0.1, -0.05) is 0 Å². The number of aliphatic imine (C=N–C) groups is 1. The highest BCUT2D eigenvalue weighted by Gasteiger charge is 2.62. The zero-order valence-corrected chi connectivity index (χ0v) is 10.0. The molecule has 2 amide bonds. The SMILES string of the molecule is CC1=CC2(C)O[C@@H]3C(=O)N(C)C(=O)[C@@H]3[C@@H]2N=C1. The van der Waals surface area contributed by atoms with E-state index in [4.69, 9.17) is 4.74 Å². The van der Waals surface area contributed by atoms with Crippen molar-refractivity contribution in [1.29, 1.82) is 0 Å². The van der Waals surface area contributed by atoms with E-state index in [1.807, 2.05) is 19.9 Å². The van der Waals surface area contributed by atoms with Crippen molar-refractivity contribution in [3.05, 3.63) is 11.6 Å². The van der Waals surface area contributed by atoms with Crippen molar-refractivity contribution in [1.82, 2.24) is 4.90 Å². The van der Waals surface area contributed by atoms with Crippen LogP contribution in [0.4, 0.5) is 0 Å². The lowest BCUT2D eigenvalue weighted by Gasteiger charge is -2.30. The molecule has 0 saturated carbocycles. The maximum atomic E-state index is 12.0. The van der Waals surface area contributed by atoms with Gasteiger partial charge in [0, 0.05) is 13.3 Å². The summed E-state index contributed by atoms with van der Waals surface area (Å²) in [5.74, 6) is -0.895. The van der Waals surface area contributed by atoms with Crippen molar-refractivity contribution in [3.8, 4) is 0 Å². The Balaban J connectivity index is 2.05. The lowest BCUT2D eigenvalue weighted by atomic mass is 9.85. The van der Waals surface area contributed by atoms with E-state index in [0.29, 0.717) is 0 Å². The Morgan fingerprint density at radius 3 is 2.82 bits per heavy atom. The lowest BCUT2D eigenvalue weighted by Crippen LogP contribution is -2.42. The Hall–Kier alpha value is -1.49. The second-order valence-electron chi connectivity index (χ2n) is 5.09. The summed E-state index contributed by atoms with van der Waals surface area (Å²) in [6.45, 7) is 3.81. The normalized spacial score (nSPS) is 43.8. The molecule has 0 radical (unpaired) electrons. The largest absolute Gasteiger partial charge is 0.355 e. The summed E-state index contributed by atoms with van der Waals surface area (Å²) in [6.07, 6.45) is 3.03. The molecule has 3 heterocycles. The second kappa shape index (κ2) is 3.04. The molecule has 0 aromatic heterocycles. The number of carbonyl (C=O) groups excluding carboxylic acids is 2. The van der Waals surface area contributed by atoms with Gasteiger partial charge in [-0.05, 0) is 25.5 Å². The summed E-state index contributed by atoms with van der Waals surface area (Å²) in [5.41, 5.74) is 0.373. The number of carbonyl (C=O) groups is 2. The van der Waals surface area contributed by atoms with Crippen LogP contribution in [0.3, 0.4) is 0 Å². The van der Waals surface area contributed by atoms with Crippen LogP contribution in [0.5, 0.6) is 0 Å². The Kier molecular flexibility index (Phi) is 1.91. The molecule has 2 fully saturated rings. The average Bonchev–Trinajstić information content (AvgIpc) is 2.66. The predicted molar refractivity (Wildman–Crippen MR) is 60.6 cm³/mol. The molecule has 17 heavy (non-hydrogen) atoms. The fourth-order valence-electron chi connectivity index (χ4n) is 2.98. The lowest BCUT2D eigenvalue weighted by molar-refractivity contribution is -0.143. The first-order valence-corrected chi connectivity index (χ1v) is 5.66. The molecule has 0 aliphatic carbocycles. The Labute approximate surface area is 99.1 Å². The molecule has 3 aliphatic heterocycles. The van der Waals surface area contributed by atoms with Gasteiger partial charge in [0.1, 0.15) is 5.60 Å². The van der Waals surface area contributed by atoms with Gasteiger partial charge in [0.05, 0.1) is 12.0 Å². The van der Waals surface area contributed by atoms with Crippen molar-refractivity contribution in [3.63, 3.8) is 0 Å². The number of dihydropyridines is 1. The number of fused-ring (bicyclic) bond motifs is 3. The monoisotopic (exact) mass is 234 g/mol. The molecular weight excluding hydrogens is 220 g/mol. The second-order valence-corrected chi connectivity index (χ2v) is 5.09. The van der Waals surface area contributed by atoms with E-state index in [-0.39, 0.29) is 17.9 Å². The van der Waals surface area contributed by atoms with E-state index in [0.717, 1.165) is 10.5 Å². The molecule has 5 heteroatoms. The van der Waals surface area contributed by atoms with Gasteiger partial charge in [-0.2, -0.15) is 0 Å². The highest BCUT2D eigenvalue weighted by atomic mass is 16.5. The molecule has 3 aliphatic rings. The third-order valence-electron chi connectivity index (χ3n) is 3.78. The highest BCUT2D eigenvalue weighted by molar-refractivity contribution is 6.07. The smallest absolute Gasteiger partial charge is 0.259 e. The molecule has 0 aromatic rings. The van der Waals surface area contributed by atoms with Crippen LogP contribution in [-0.4, -0.2) is 47.7 Å². The van der Waals surface area contributed by atoms with Gasteiger partial charge in [-0.25, -0.2) is 0 Å². The summed E-state index contributed by atoms with van der Waals surface area (Å²) in [5, 5.41) is 0. The number of hydrogen-bond acceptors (Lipinski definition) is 4. The molecule has 3 rings (SSSR count). The molecule has 0 bridgehead atoms. The Bertz CT molecular complexity index is 482. The number of rotatable bonds is 0. The number of nitrogens with zero attached hydrogens (tertiary/aromatic N) is 2. The van der Waals surface area contributed by atoms with Gasteiger partial charge in [-0.15, -0.1) is 0 Å². The van der Waals surface area contributed by atoms with Gasteiger partial charge >= 0.3 is 0 Å². The summed E-state index contributed by atoms with van der Waals surface area (Å²) in [6, 6.07) is -0.280. The first kappa shape index (κ1) is 10.7. The van der Waals surface area contributed by atoms with Crippen LogP contribution in [0, 0.1) is 5.92 Å². The van der Waals surface area contributed by atoms with Gasteiger partial charge < -0.3 is 4.74 Å². The van der Waals surface area contributed by atoms with Crippen LogP contribution in [0.15, 0.2) is 16.6 Å². The van der Waals surface area contributed by atoms with Crippen molar-refractivity contribution in [2.24, 2.45) is 10.9 Å². The van der Waals surface area contributed by atoms with E-state index < -0.39 is 17.6 Å². The summed E-state index contributed by atoms with van der Waals surface area (Å²) >= 11 is 0. The quantitative estimate of drug-likeness (QED) is 0.561. The van der Waals surface area contributed by atoms with E-state index in [1.165, 1.54) is 7.05 Å². The van der Waals surface area contributed by atoms with Crippen LogP contribution in [0.2, 0.25) is 0 Å². The number of allylic oxidation sites excluding steroid dienone is 1. The molecule has 90 valence electrons. The molecule has 2 saturated heterocycles. The predicted octanol–water partition coefficient (Wildman–Crippen LogP) is 0.158. The minimum Gasteiger partial charge on any atom is -0.355 e. The summed E-state index contributed by atoms with van der Waals surface area (Å²) in [4.78, 5) is 29.4. The maximum Gasteiger partial charge on any atom is 0.259 e. The number of ether oxygens (including phenoxy) is 1. The van der Waals surface area contributed by atoms with E-state index >= 15 is 0 Å². The van der Waals surface area contributed by atoms with Gasteiger partial charge in [-0.3, -0.25) is 19.5 Å². The maximum absolute atomic E-state index is 12.0. The van der Waals surface area contributed by atoms with Gasteiger partial charge in [0.2, 0.25) is 5.91 Å². The van der Waals surface area contributed by atoms with Gasteiger partial charge in [0.25, 0.3) is 5.91 Å². The van der Waals surface area contributed by atoms with E-state index in [9.17, 15) is 9.59 Å². The third kappa shape index (κ3) is 1.20. The molecule has 0 aromatic carbocycles. The molecule has 0 N–H and O–H groups in total. The summed E-state index contributed by atoms with van der Waals surface area (Å²) in [7, 11) is 1.50. The Morgan fingerprint density at radius 1 is 1.41 bits per heavy atom. The number of hydrogen-bond donors (Lipinski definition) is 0. The van der Waals surface area contributed by atoms with Crippen molar-refractivity contribution in [2.75, 3.05) is 7.05 Å². The molecule has 0 spiro atoms. The molecule has 1 unspecified atom stereocenters. The first-order chi connectivity index (χ1) is 7.94. The first-order valence-electron chi connectivity index (χ1n) is 5.66. The number of amides is 2. The van der Waals surface area contributed by atoms with Crippen LogP contribution in [-0.2, 0) is 14.3 Å². The fourth-order valence-corrected chi connectivity index (χ4v) is 2.98.